The Bertz CT molecular complexity index is 233. The standard InChI is InChI=1S/C6H8O7.Li/c7-3(8)1-6(13,5(11)12)2-4(9)10;/h13H,1-2H2,(H,7,8)(H,9,10)(H,11,12);/q;+1. The number of carbonyl (C=O) groups is 3. The molecule has 0 rings (SSSR count). The number of rotatable bonds is 5. The number of carboxylic acid groups (broad SMARTS) is 3. The second-order valence-electron chi connectivity index (χ2n) is 2.48. The molecule has 8 heteroatoms. The largest absolute Gasteiger partial charge is 1.00 e. The van der Waals surface area contributed by atoms with Crippen LogP contribution < -0.4 is 18.9 Å². The van der Waals surface area contributed by atoms with Gasteiger partial charge in [-0.1, -0.05) is 0 Å². The first kappa shape index (κ1) is 15.4. The molecule has 4 N–H and O–H groups in total. The van der Waals surface area contributed by atoms with E-state index in [0.29, 0.717) is 0 Å². The number of carboxylic acids is 3. The first-order valence-corrected chi connectivity index (χ1v) is 3.17. The molecule has 0 unspecified atom stereocenters. The van der Waals surface area contributed by atoms with Crippen molar-refractivity contribution in [1.29, 1.82) is 0 Å². The molecule has 0 atom stereocenters. The van der Waals surface area contributed by atoms with Gasteiger partial charge in [0.25, 0.3) is 0 Å². The molecule has 0 aromatic rings. The van der Waals surface area contributed by atoms with E-state index in [1.54, 1.807) is 0 Å². The van der Waals surface area contributed by atoms with Crippen LogP contribution in [0.2, 0.25) is 0 Å². The Morgan fingerprint density at radius 3 is 1.36 bits per heavy atom. The molecule has 0 fully saturated rings. The SMILES string of the molecule is O=C(O)CC(O)(CC(=O)O)C(=O)O.[Li+]. The van der Waals surface area contributed by atoms with E-state index in [-0.39, 0.29) is 18.9 Å². The Morgan fingerprint density at radius 2 is 1.21 bits per heavy atom. The van der Waals surface area contributed by atoms with E-state index in [0.717, 1.165) is 0 Å². The maximum atomic E-state index is 10.3. The van der Waals surface area contributed by atoms with Gasteiger partial charge in [-0.25, -0.2) is 4.79 Å². The van der Waals surface area contributed by atoms with Crippen LogP contribution in [0.15, 0.2) is 0 Å². The van der Waals surface area contributed by atoms with Crippen molar-refractivity contribution in [3.63, 3.8) is 0 Å². The van der Waals surface area contributed by atoms with Gasteiger partial charge in [-0.2, -0.15) is 0 Å². The van der Waals surface area contributed by atoms with E-state index in [4.69, 9.17) is 20.4 Å². The Kier molecular flexibility index (Phi) is 6.23. The van der Waals surface area contributed by atoms with Gasteiger partial charge in [0.15, 0.2) is 5.60 Å². The van der Waals surface area contributed by atoms with Gasteiger partial charge in [-0.05, 0) is 0 Å². The summed E-state index contributed by atoms with van der Waals surface area (Å²) in [5.41, 5.74) is -2.74. The van der Waals surface area contributed by atoms with Crippen LogP contribution in [0.4, 0.5) is 0 Å². The molecule has 0 aromatic heterocycles. The fraction of sp³-hybridized carbons (Fsp3) is 0.500. The number of aliphatic carboxylic acids is 3. The minimum absolute atomic E-state index is 0. The molecule has 0 saturated carbocycles. The van der Waals surface area contributed by atoms with Gasteiger partial charge in [0.2, 0.25) is 0 Å². The molecule has 14 heavy (non-hydrogen) atoms. The molecule has 0 heterocycles. The van der Waals surface area contributed by atoms with E-state index in [9.17, 15) is 14.4 Å². The molecule has 0 spiro atoms. The zero-order chi connectivity index (χ0) is 10.6. The van der Waals surface area contributed by atoms with Crippen molar-refractivity contribution in [3.8, 4) is 0 Å². The minimum atomic E-state index is -2.74. The molecular formula is C6H8LiO7+. The topological polar surface area (TPSA) is 132 Å². The van der Waals surface area contributed by atoms with Crippen LogP contribution in [0.5, 0.6) is 0 Å². The van der Waals surface area contributed by atoms with Crippen molar-refractivity contribution in [2.75, 3.05) is 0 Å². The third-order valence-electron chi connectivity index (χ3n) is 1.29. The van der Waals surface area contributed by atoms with Crippen molar-refractivity contribution in [2.45, 2.75) is 18.4 Å². The van der Waals surface area contributed by atoms with Crippen molar-refractivity contribution >= 4 is 17.9 Å². The summed E-state index contributed by atoms with van der Waals surface area (Å²) in [5.74, 6) is -5.02. The molecule has 0 aliphatic carbocycles. The summed E-state index contributed by atoms with van der Waals surface area (Å²) in [6.07, 6.45) is -2.29. The quantitative estimate of drug-likeness (QED) is 0.329. The summed E-state index contributed by atoms with van der Waals surface area (Å²) < 4.78 is 0. The van der Waals surface area contributed by atoms with Crippen LogP contribution in [-0.2, 0) is 14.4 Å². The monoisotopic (exact) mass is 199 g/mol. The Labute approximate surface area is 90.5 Å². The van der Waals surface area contributed by atoms with Crippen molar-refractivity contribution in [2.24, 2.45) is 0 Å². The zero-order valence-corrected chi connectivity index (χ0v) is 7.43. The Balaban J connectivity index is 0. The summed E-state index contributed by atoms with van der Waals surface area (Å²) >= 11 is 0. The molecule has 0 aliphatic rings. The van der Waals surface area contributed by atoms with Gasteiger partial charge >= 0.3 is 36.8 Å². The molecule has 0 saturated heterocycles. The third-order valence-corrected chi connectivity index (χ3v) is 1.29. The first-order valence-electron chi connectivity index (χ1n) is 3.17. The van der Waals surface area contributed by atoms with Crippen molar-refractivity contribution < 1.29 is 53.7 Å². The van der Waals surface area contributed by atoms with Crippen LogP contribution in [0.1, 0.15) is 12.8 Å². The van der Waals surface area contributed by atoms with E-state index >= 15 is 0 Å². The van der Waals surface area contributed by atoms with Gasteiger partial charge < -0.3 is 20.4 Å². The summed E-state index contributed by atoms with van der Waals surface area (Å²) in [5, 5.41) is 33.8. The smallest absolute Gasteiger partial charge is 0.481 e. The normalized spacial score (nSPS) is 10.1. The Morgan fingerprint density at radius 1 is 0.929 bits per heavy atom. The molecule has 0 bridgehead atoms. The summed E-state index contributed by atoms with van der Waals surface area (Å²) in [6, 6.07) is 0. The number of aliphatic hydroxyl groups is 1. The van der Waals surface area contributed by atoms with Gasteiger partial charge in [-0.15, -0.1) is 0 Å². The fourth-order valence-electron chi connectivity index (χ4n) is 0.714. The van der Waals surface area contributed by atoms with Crippen molar-refractivity contribution in [1.82, 2.24) is 0 Å². The Hall–Kier alpha value is -1.03. The fourth-order valence-corrected chi connectivity index (χ4v) is 0.714. The molecule has 0 aliphatic heterocycles. The first-order chi connectivity index (χ1) is 5.78. The predicted molar refractivity (Wildman–Crippen MR) is 37.1 cm³/mol. The third kappa shape index (κ3) is 4.86. The molecule has 0 radical (unpaired) electrons. The van der Waals surface area contributed by atoms with Crippen LogP contribution in [-0.4, -0.2) is 43.9 Å². The van der Waals surface area contributed by atoms with Crippen LogP contribution >= 0.6 is 0 Å². The average Bonchev–Trinajstić information content (AvgIpc) is 1.82. The summed E-state index contributed by atoms with van der Waals surface area (Å²) in [7, 11) is 0. The second-order valence-corrected chi connectivity index (χ2v) is 2.48. The predicted octanol–water partition coefficient (Wildman–Crippen LogP) is -4.24. The van der Waals surface area contributed by atoms with Crippen molar-refractivity contribution in [3.05, 3.63) is 0 Å². The number of hydrogen-bond acceptors (Lipinski definition) is 4. The second kappa shape index (κ2) is 5.65. The van der Waals surface area contributed by atoms with Crippen LogP contribution in [0, 0.1) is 0 Å². The van der Waals surface area contributed by atoms with E-state index in [1.165, 1.54) is 0 Å². The summed E-state index contributed by atoms with van der Waals surface area (Å²) in [6.45, 7) is 0. The van der Waals surface area contributed by atoms with Gasteiger partial charge in [0.05, 0.1) is 12.8 Å². The number of hydrogen-bond donors (Lipinski definition) is 4. The van der Waals surface area contributed by atoms with Gasteiger partial charge in [0.1, 0.15) is 0 Å². The van der Waals surface area contributed by atoms with Gasteiger partial charge in [0, 0.05) is 0 Å². The minimum Gasteiger partial charge on any atom is -0.481 e. The molecule has 7 nitrogen and oxygen atoms in total. The average molecular weight is 199 g/mol. The van der Waals surface area contributed by atoms with Crippen LogP contribution in [0.25, 0.3) is 0 Å². The molecule has 74 valence electrons. The molecule has 0 aromatic carbocycles. The zero-order valence-electron chi connectivity index (χ0n) is 7.43. The molecule has 0 amide bonds. The molecular weight excluding hydrogens is 191 g/mol. The van der Waals surface area contributed by atoms with Crippen LogP contribution in [0.3, 0.4) is 0 Å². The van der Waals surface area contributed by atoms with E-state index < -0.39 is 36.4 Å². The van der Waals surface area contributed by atoms with Gasteiger partial charge in [-0.3, -0.25) is 9.59 Å². The maximum Gasteiger partial charge on any atom is 1.00 e. The summed E-state index contributed by atoms with van der Waals surface area (Å²) in [4.78, 5) is 30.5. The van der Waals surface area contributed by atoms with E-state index in [1.807, 2.05) is 0 Å². The van der Waals surface area contributed by atoms with E-state index in [2.05, 4.69) is 0 Å². The maximum absolute atomic E-state index is 10.3.